The van der Waals surface area contributed by atoms with Crippen LogP contribution in [0.2, 0.25) is 0 Å². The summed E-state index contributed by atoms with van der Waals surface area (Å²) in [6, 6.07) is 0.400. The molecule has 2 atom stereocenters. The number of hydrogen-bond acceptors (Lipinski definition) is 7. The van der Waals surface area contributed by atoms with Gasteiger partial charge in [0.1, 0.15) is 12.7 Å². The summed E-state index contributed by atoms with van der Waals surface area (Å²) >= 11 is 0. The third-order valence-corrected chi connectivity index (χ3v) is 3.63. The van der Waals surface area contributed by atoms with Gasteiger partial charge in [-0.1, -0.05) is 6.92 Å². The van der Waals surface area contributed by atoms with E-state index in [-0.39, 0.29) is 5.95 Å². The Morgan fingerprint density at radius 2 is 1.95 bits per heavy atom. The second-order valence-electron chi connectivity index (χ2n) is 5.32. The molecule has 1 aliphatic heterocycles. The van der Waals surface area contributed by atoms with Crippen molar-refractivity contribution < 1.29 is 0 Å². The molecule has 0 aliphatic carbocycles. The monoisotopic (exact) mass is 274 g/mol. The van der Waals surface area contributed by atoms with Gasteiger partial charge in [0, 0.05) is 12.6 Å². The van der Waals surface area contributed by atoms with Crippen LogP contribution < -0.4 is 10.6 Å². The molecule has 1 fully saturated rings. The van der Waals surface area contributed by atoms with Gasteiger partial charge >= 0.3 is 0 Å². The van der Waals surface area contributed by atoms with Crippen molar-refractivity contribution in [3.8, 4) is 5.95 Å². The van der Waals surface area contributed by atoms with Crippen molar-refractivity contribution in [3.63, 3.8) is 0 Å². The molecule has 2 N–H and O–H groups in total. The van der Waals surface area contributed by atoms with Gasteiger partial charge < -0.3 is 10.6 Å². The first kappa shape index (κ1) is 12.8. The van der Waals surface area contributed by atoms with Crippen LogP contribution in [0, 0.1) is 5.92 Å². The molecule has 20 heavy (non-hydrogen) atoms. The summed E-state index contributed by atoms with van der Waals surface area (Å²) in [7, 11) is 0. The fourth-order valence-corrected chi connectivity index (χ4v) is 2.48. The summed E-state index contributed by atoms with van der Waals surface area (Å²) in [5.74, 6) is 1.84. The fraction of sp³-hybridized carbons (Fsp3) is 0.583. The van der Waals surface area contributed by atoms with Crippen LogP contribution in [0.3, 0.4) is 0 Å². The molecular formula is C12H18N8. The van der Waals surface area contributed by atoms with E-state index in [4.69, 9.17) is 5.73 Å². The largest absolute Gasteiger partial charge is 0.368 e. The third kappa shape index (κ3) is 2.40. The SMILES string of the molecule is CC1CCC(C)N(c2nc(N)nc(-n3cncn3)n2)C1. The smallest absolute Gasteiger partial charge is 0.258 e. The zero-order chi connectivity index (χ0) is 14.1. The Balaban J connectivity index is 1.97. The lowest BCUT2D eigenvalue weighted by molar-refractivity contribution is 0.385. The molecule has 0 radical (unpaired) electrons. The predicted molar refractivity (Wildman–Crippen MR) is 74.4 cm³/mol. The van der Waals surface area contributed by atoms with E-state index in [1.54, 1.807) is 6.33 Å². The second kappa shape index (κ2) is 5.03. The Hall–Kier alpha value is -2.25. The molecule has 3 heterocycles. The molecule has 0 aromatic carbocycles. The predicted octanol–water partition coefficient (Wildman–Crippen LogP) is 0.659. The lowest BCUT2D eigenvalue weighted by atomic mass is 9.95. The molecule has 0 amide bonds. The van der Waals surface area contributed by atoms with E-state index in [1.807, 2.05) is 0 Å². The minimum Gasteiger partial charge on any atom is -0.368 e. The second-order valence-corrected chi connectivity index (χ2v) is 5.32. The maximum absolute atomic E-state index is 5.80. The molecule has 106 valence electrons. The van der Waals surface area contributed by atoms with Gasteiger partial charge in [-0.05, 0) is 25.7 Å². The zero-order valence-electron chi connectivity index (χ0n) is 11.6. The Morgan fingerprint density at radius 1 is 1.15 bits per heavy atom. The summed E-state index contributed by atoms with van der Waals surface area (Å²) in [4.78, 5) is 18.9. The van der Waals surface area contributed by atoms with Gasteiger partial charge in [0.15, 0.2) is 0 Å². The van der Waals surface area contributed by atoms with E-state index in [9.17, 15) is 0 Å². The lowest BCUT2D eigenvalue weighted by Gasteiger charge is -2.36. The van der Waals surface area contributed by atoms with Crippen LogP contribution in [-0.2, 0) is 0 Å². The quantitative estimate of drug-likeness (QED) is 0.858. The number of piperidine rings is 1. The van der Waals surface area contributed by atoms with Crippen LogP contribution in [-0.4, -0.2) is 42.3 Å². The first-order chi connectivity index (χ1) is 9.63. The maximum atomic E-state index is 5.80. The van der Waals surface area contributed by atoms with Gasteiger partial charge in [0.25, 0.3) is 5.95 Å². The van der Waals surface area contributed by atoms with Gasteiger partial charge in [0.05, 0.1) is 0 Å². The molecule has 8 heteroatoms. The molecule has 2 aromatic heterocycles. The highest BCUT2D eigenvalue weighted by Gasteiger charge is 2.25. The summed E-state index contributed by atoms with van der Waals surface area (Å²) in [5, 5.41) is 4.03. The van der Waals surface area contributed by atoms with Gasteiger partial charge in [0.2, 0.25) is 11.9 Å². The number of anilines is 2. The minimum atomic E-state index is 0.200. The van der Waals surface area contributed by atoms with E-state index in [2.05, 4.69) is 43.8 Å². The summed E-state index contributed by atoms with van der Waals surface area (Å²) < 4.78 is 1.49. The first-order valence-electron chi connectivity index (χ1n) is 6.76. The number of nitrogen functional groups attached to an aromatic ring is 1. The van der Waals surface area contributed by atoms with Crippen molar-refractivity contribution in [2.45, 2.75) is 32.7 Å². The van der Waals surface area contributed by atoms with Crippen molar-refractivity contribution in [1.82, 2.24) is 29.7 Å². The Morgan fingerprint density at radius 3 is 2.70 bits per heavy atom. The average Bonchev–Trinajstić information content (AvgIpc) is 2.95. The maximum Gasteiger partial charge on any atom is 0.258 e. The van der Waals surface area contributed by atoms with Crippen LogP contribution in [0.25, 0.3) is 5.95 Å². The molecule has 0 saturated carbocycles. The minimum absolute atomic E-state index is 0.200. The normalized spacial score (nSPS) is 23.0. The van der Waals surface area contributed by atoms with Crippen LogP contribution >= 0.6 is 0 Å². The molecule has 8 nitrogen and oxygen atoms in total. The van der Waals surface area contributed by atoms with E-state index in [0.29, 0.717) is 23.9 Å². The number of rotatable bonds is 2. The van der Waals surface area contributed by atoms with Gasteiger partial charge in [-0.15, -0.1) is 0 Å². The van der Waals surface area contributed by atoms with Gasteiger partial charge in [-0.25, -0.2) is 4.98 Å². The molecule has 2 aromatic rings. The molecule has 0 spiro atoms. The Kier molecular flexibility index (Phi) is 3.21. The van der Waals surface area contributed by atoms with Crippen molar-refractivity contribution in [3.05, 3.63) is 12.7 Å². The van der Waals surface area contributed by atoms with E-state index in [1.165, 1.54) is 17.4 Å². The number of nitrogens with two attached hydrogens (primary N) is 1. The molecule has 1 aliphatic rings. The first-order valence-corrected chi connectivity index (χ1v) is 6.76. The van der Waals surface area contributed by atoms with Crippen molar-refractivity contribution >= 4 is 11.9 Å². The van der Waals surface area contributed by atoms with Crippen molar-refractivity contribution in [1.29, 1.82) is 0 Å². The highest BCUT2D eigenvalue weighted by molar-refractivity contribution is 5.39. The summed E-state index contributed by atoms with van der Waals surface area (Å²) in [6.45, 7) is 5.35. The topological polar surface area (TPSA) is 98.6 Å². The third-order valence-electron chi connectivity index (χ3n) is 3.63. The number of nitrogens with zero attached hydrogens (tertiary/aromatic N) is 7. The molecule has 3 rings (SSSR count). The van der Waals surface area contributed by atoms with Crippen LogP contribution in [0.5, 0.6) is 0 Å². The highest BCUT2D eigenvalue weighted by Crippen LogP contribution is 2.25. The lowest BCUT2D eigenvalue weighted by Crippen LogP contribution is -2.42. The summed E-state index contributed by atoms with van der Waals surface area (Å²) in [6.07, 6.45) is 5.34. The Bertz CT molecular complexity index is 581. The van der Waals surface area contributed by atoms with Crippen LogP contribution in [0.4, 0.5) is 11.9 Å². The van der Waals surface area contributed by atoms with Gasteiger partial charge in [-0.2, -0.15) is 24.7 Å². The number of hydrogen-bond donors (Lipinski definition) is 1. The van der Waals surface area contributed by atoms with Crippen LogP contribution in [0.1, 0.15) is 26.7 Å². The van der Waals surface area contributed by atoms with E-state index >= 15 is 0 Å². The van der Waals surface area contributed by atoms with E-state index < -0.39 is 0 Å². The zero-order valence-corrected chi connectivity index (χ0v) is 11.6. The van der Waals surface area contributed by atoms with E-state index in [0.717, 1.165) is 13.0 Å². The molecular weight excluding hydrogens is 256 g/mol. The average molecular weight is 274 g/mol. The molecule has 1 saturated heterocycles. The number of aromatic nitrogens is 6. The highest BCUT2D eigenvalue weighted by atomic mass is 15.4. The van der Waals surface area contributed by atoms with Gasteiger partial charge in [-0.3, -0.25) is 0 Å². The van der Waals surface area contributed by atoms with Crippen molar-refractivity contribution in [2.24, 2.45) is 5.92 Å². The van der Waals surface area contributed by atoms with Crippen molar-refractivity contribution in [2.75, 3.05) is 17.2 Å². The fourth-order valence-electron chi connectivity index (χ4n) is 2.48. The Labute approximate surface area is 117 Å². The molecule has 0 bridgehead atoms. The van der Waals surface area contributed by atoms with Crippen LogP contribution in [0.15, 0.2) is 12.7 Å². The standard InChI is InChI=1S/C12H18N8/c1-8-3-4-9(2)19(5-8)11-16-10(13)17-12(18-11)20-7-14-6-15-20/h6-9H,3-5H2,1-2H3,(H2,13,16,17,18). The summed E-state index contributed by atoms with van der Waals surface area (Å²) in [5.41, 5.74) is 5.80. The molecule has 2 unspecified atom stereocenters.